The number of hydrogen-bond acceptors (Lipinski definition) is 4. The zero-order valence-electron chi connectivity index (χ0n) is 15.8. The Morgan fingerprint density at radius 1 is 1.11 bits per heavy atom. The maximum Gasteiger partial charge on any atom is 0.251 e. The first kappa shape index (κ1) is 19.6. The highest BCUT2D eigenvalue weighted by Crippen LogP contribution is 2.21. The molecule has 0 aromatic heterocycles. The third kappa shape index (κ3) is 4.76. The zero-order valence-corrected chi connectivity index (χ0v) is 16.6. The number of amides is 1. The van der Waals surface area contributed by atoms with Gasteiger partial charge in [-0.25, -0.2) is 8.42 Å². The summed E-state index contributed by atoms with van der Waals surface area (Å²) in [7, 11) is -3.25. The highest BCUT2D eigenvalue weighted by Gasteiger charge is 2.22. The lowest BCUT2D eigenvalue weighted by Crippen LogP contribution is -2.45. The molecule has 0 unspecified atom stereocenters. The number of nitrogens with one attached hydrogen (secondary N) is 1. The lowest BCUT2D eigenvalue weighted by molar-refractivity contribution is 0.0926. The van der Waals surface area contributed by atoms with Crippen molar-refractivity contribution < 1.29 is 13.2 Å². The molecule has 0 bridgehead atoms. The average Bonchev–Trinajstić information content (AvgIpc) is 2.67. The lowest BCUT2D eigenvalue weighted by atomic mass is 9.98. The van der Waals surface area contributed by atoms with Gasteiger partial charge in [-0.2, -0.15) is 0 Å². The maximum absolute atomic E-state index is 12.4. The SMILES string of the molecule is CC[C@H](CNC(=O)c1ccc(S(C)(=O)=O)cc1)N1CCc2ccccc2C1. The molecule has 2 aromatic rings. The second kappa shape index (κ2) is 8.23. The van der Waals surface area contributed by atoms with Crippen molar-refractivity contribution in [3.8, 4) is 0 Å². The third-order valence-corrected chi connectivity index (χ3v) is 6.32. The zero-order chi connectivity index (χ0) is 19.4. The maximum atomic E-state index is 12.4. The summed E-state index contributed by atoms with van der Waals surface area (Å²) in [6.07, 6.45) is 3.15. The van der Waals surface area contributed by atoms with E-state index < -0.39 is 9.84 Å². The van der Waals surface area contributed by atoms with Crippen LogP contribution in [0.4, 0.5) is 0 Å². The van der Waals surface area contributed by atoms with E-state index in [4.69, 9.17) is 0 Å². The van der Waals surface area contributed by atoms with Crippen molar-refractivity contribution >= 4 is 15.7 Å². The van der Waals surface area contributed by atoms with Crippen molar-refractivity contribution in [2.45, 2.75) is 37.2 Å². The van der Waals surface area contributed by atoms with Gasteiger partial charge in [0.2, 0.25) is 0 Å². The van der Waals surface area contributed by atoms with Gasteiger partial charge in [-0.3, -0.25) is 9.69 Å². The Balaban J connectivity index is 1.60. The summed E-state index contributed by atoms with van der Waals surface area (Å²) >= 11 is 0. The molecule has 5 nitrogen and oxygen atoms in total. The fourth-order valence-corrected chi connectivity index (χ4v) is 4.16. The van der Waals surface area contributed by atoms with Crippen molar-refractivity contribution in [1.82, 2.24) is 10.2 Å². The standard InChI is InChI=1S/C21H26N2O3S/c1-3-19(23-13-12-16-6-4-5-7-18(16)15-23)14-22-21(24)17-8-10-20(11-9-17)27(2,25)26/h4-11,19H,3,12-15H2,1-2H3,(H,22,24)/t19-/m1/s1. The molecule has 0 radical (unpaired) electrons. The summed E-state index contributed by atoms with van der Waals surface area (Å²) in [5, 5.41) is 3.00. The van der Waals surface area contributed by atoms with Crippen LogP contribution in [0.3, 0.4) is 0 Å². The summed E-state index contributed by atoms with van der Waals surface area (Å²) in [4.78, 5) is 15.1. The fraction of sp³-hybridized carbons (Fsp3) is 0.381. The monoisotopic (exact) mass is 386 g/mol. The van der Waals surface area contributed by atoms with Crippen molar-refractivity contribution in [3.63, 3.8) is 0 Å². The van der Waals surface area contributed by atoms with Gasteiger partial charge in [0.05, 0.1) is 4.90 Å². The highest BCUT2D eigenvalue weighted by atomic mass is 32.2. The van der Waals surface area contributed by atoms with E-state index >= 15 is 0 Å². The molecule has 27 heavy (non-hydrogen) atoms. The van der Waals surface area contributed by atoms with Crippen LogP contribution in [-0.4, -0.2) is 44.6 Å². The number of sulfone groups is 1. The number of carbonyl (C=O) groups excluding carboxylic acids is 1. The second-order valence-corrected chi connectivity index (χ2v) is 9.07. The first-order valence-electron chi connectivity index (χ1n) is 9.27. The van der Waals surface area contributed by atoms with E-state index in [-0.39, 0.29) is 16.8 Å². The van der Waals surface area contributed by atoms with Gasteiger partial charge in [0, 0.05) is 37.5 Å². The Kier molecular flexibility index (Phi) is 5.97. The molecule has 6 heteroatoms. The van der Waals surface area contributed by atoms with E-state index in [1.54, 1.807) is 12.1 Å². The van der Waals surface area contributed by atoms with Crippen LogP contribution in [0.25, 0.3) is 0 Å². The van der Waals surface area contributed by atoms with Gasteiger partial charge in [-0.05, 0) is 48.2 Å². The number of rotatable bonds is 6. The molecule has 3 rings (SSSR count). The normalized spacial score (nSPS) is 15.8. The number of fused-ring (bicyclic) bond motifs is 1. The van der Waals surface area contributed by atoms with Crippen molar-refractivity contribution in [2.24, 2.45) is 0 Å². The Labute approximate surface area is 161 Å². The largest absolute Gasteiger partial charge is 0.350 e. The molecule has 0 aliphatic carbocycles. The molecule has 0 fully saturated rings. The summed E-state index contributed by atoms with van der Waals surface area (Å²) in [6.45, 7) is 4.62. The van der Waals surface area contributed by atoms with E-state index in [0.29, 0.717) is 12.1 Å². The van der Waals surface area contributed by atoms with Crippen LogP contribution in [0, 0.1) is 0 Å². The molecule has 1 heterocycles. The molecular formula is C21H26N2O3S. The minimum Gasteiger partial charge on any atom is -0.350 e. The van der Waals surface area contributed by atoms with E-state index in [2.05, 4.69) is 41.4 Å². The molecule has 0 saturated heterocycles. The molecule has 1 aliphatic rings. The third-order valence-electron chi connectivity index (χ3n) is 5.19. The van der Waals surface area contributed by atoms with Gasteiger partial charge in [-0.15, -0.1) is 0 Å². The molecule has 1 N–H and O–H groups in total. The number of hydrogen-bond donors (Lipinski definition) is 1. The Hall–Kier alpha value is -2.18. The minimum atomic E-state index is -3.25. The molecule has 2 aromatic carbocycles. The van der Waals surface area contributed by atoms with Gasteiger partial charge >= 0.3 is 0 Å². The first-order valence-corrected chi connectivity index (χ1v) is 11.2. The van der Waals surface area contributed by atoms with E-state index in [0.717, 1.165) is 32.2 Å². The topological polar surface area (TPSA) is 66.5 Å². The van der Waals surface area contributed by atoms with Crippen LogP contribution >= 0.6 is 0 Å². The van der Waals surface area contributed by atoms with Gasteiger partial charge in [0.15, 0.2) is 9.84 Å². The Bertz CT molecular complexity index is 907. The van der Waals surface area contributed by atoms with E-state index in [1.807, 2.05) is 0 Å². The summed E-state index contributed by atoms with van der Waals surface area (Å²) < 4.78 is 23.0. The first-order chi connectivity index (χ1) is 12.9. The summed E-state index contributed by atoms with van der Waals surface area (Å²) in [5.74, 6) is -0.175. The van der Waals surface area contributed by atoms with Gasteiger partial charge in [0.25, 0.3) is 5.91 Å². The van der Waals surface area contributed by atoms with Crippen molar-refractivity contribution in [2.75, 3.05) is 19.3 Å². The smallest absolute Gasteiger partial charge is 0.251 e. The molecule has 1 amide bonds. The average molecular weight is 387 g/mol. The van der Waals surface area contributed by atoms with Gasteiger partial charge in [0.1, 0.15) is 0 Å². The van der Waals surface area contributed by atoms with Gasteiger partial charge < -0.3 is 5.32 Å². The predicted octanol–water partition coefficient (Wildman–Crippen LogP) is 2.66. The van der Waals surface area contributed by atoms with Crippen LogP contribution in [0.2, 0.25) is 0 Å². The molecule has 1 atom stereocenters. The molecule has 0 spiro atoms. The van der Waals surface area contributed by atoms with Crippen LogP contribution in [0.15, 0.2) is 53.4 Å². The lowest BCUT2D eigenvalue weighted by Gasteiger charge is -2.35. The summed E-state index contributed by atoms with van der Waals surface area (Å²) in [6, 6.07) is 14.9. The van der Waals surface area contributed by atoms with Crippen LogP contribution in [0.5, 0.6) is 0 Å². The second-order valence-electron chi connectivity index (χ2n) is 7.06. The highest BCUT2D eigenvalue weighted by molar-refractivity contribution is 7.90. The van der Waals surface area contributed by atoms with Crippen molar-refractivity contribution in [3.05, 3.63) is 65.2 Å². The fourth-order valence-electron chi connectivity index (χ4n) is 3.53. The van der Waals surface area contributed by atoms with E-state index in [1.165, 1.54) is 23.3 Å². The quantitative estimate of drug-likeness (QED) is 0.829. The predicted molar refractivity (Wildman–Crippen MR) is 107 cm³/mol. The molecule has 1 aliphatic heterocycles. The van der Waals surface area contributed by atoms with E-state index in [9.17, 15) is 13.2 Å². The van der Waals surface area contributed by atoms with Crippen LogP contribution in [0.1, 0.15) is 34.8 Å². The minimum absolute atomic E-state index is 0.175. The van der Waals surface area contributed by atoms with Crippen molar-refractivity contribution in [1.29, 1.82) is 0 Å². The number of carbonyl (C=O) groups is 1. The number of nitrogens with zero attached hydrogens (tertiary/aromatic N) is 1. The van der Waals surface area contributed by atoms with Crippen LogP contribution < -0.4 is 5.32 Å². The van der Waals surface area contributed by atoms with Crippen LogP contribution in [-0.2, 0) is 22.8 Å². The molecular weight excluding hydrogens is 360 g/mol. The Morgan fingerprint density at radius 2 is 1.78 bits per heavy atom. The van der Waals surface area contributed by atoms with Gasteiger partial charge in [-0.1, -0.05) is 31.2 Å². The summed E-state index contributed by atoms with van der Waals surface area (Å²) in [5.41, 5.74) is 3.25. The molecule has 0 saturated carbocycles. The number of benzene rings is 2. The Morgan fingerprint density at radius 3 is 2.41 bits per heavy atom. The molecule has 144 valence electrons.